The molecule has 4 nitrogen and oxygen atoms in total. The van der Waals surface area contributed by atoms with Crippen molar-refractivity contribution in [1.29, 1.82) is 0 Å². The summed E-state index contributed by atoms with van der Waals surface area (Å²) in [7, 11) is 0. The maximum absolute atomic E-state index is 10.7. The minimum Gasteiger partial charge on any atom is -0.492 e. The van der Waals surface area contributed by atoms with Crippen LogP contribution in [0.3, 0.4) is 0 Å². The van der Waals surface area contributed by atoms with Crippen molar-refractivity contribution >= 4 is 21.6 Å². The van der Waals surface area contributed by atoms with Crippen LogP contribution < -0.4 is 4.74 Å². The lowest BCUT2D eigenvalue weighted by molar-refractivity contribution is -0.385. The van der Waals surface area contributed by atoms with Crippen LogP contribution >= 0.6 is 15.9 Å². The van der Waals surface area contributed by atoms with Gasteiger partial charge < -0.3 is 4.74 Å². The molecule has 0 saturated carbocycles. The lowest BCUT2D eigenvalue weighted by Gasteiger charge is -2.22. The number of halogens is 1. The van der Waals surface area contributed by atoms with Gasteiger partial charge in [0.05, 0.1) is 17.6 Å². The number of alkyl halides is 1. The van der Waals surface area contributed by atoms with Crippen LogP contribution in [-0.2, 0) is 0 Å². The van der Waals surface area contributed by atoms with Crippen molar-refractivity contribution in [2.24, 2.45) is 5.41 Å². The van der Waals surface area contributed by atoms with Gasteiger partial charge in [-0.3, -0.25) is 10.1 Å². The van der Waals surface area contributed by atoms with Crippen LogP contribution in [0.5, 0.6) is 5.75 Å². The molecule has 0 fully saturated rings. The molecule has 0 aliphatic heterocycles. The van der Waals surface area contributed by atoms with Gasteiger partial charge in [-0.15, -0.1) is 0 Å². The first-order valence-electron chi connectivity index (χ1n) is 5.29. The van der Waals surface area contributed by atoms with E-state index in [-0.39, 0.29) is 11.1 Å². The molecule has 5 heteroatoms. The number of hydrogen-bond donors (Lipinski definition) is 0. The maximum atomic E-state index is 10.7. The fourth-order valence-electron chi connectivity index (χ4n) is 1.17. The van der Waals surface area contributed by atoms with Crippen LogP contribution in [0.25, 0.3) is 0 Å². The Hall–Kier alpha value is -1.10. The van der Waals surface area contributed by atoms with E-state index < -0.39 is 4.92 Å². The predicted octanol–water partition coefficient (Wildman–Crippen LogP) is 3.70. The van der Waals surface area contributed by atoms with Crippen LogP contribution in [0.2, 0.25) is 0 Å². The Bertz CT molecular complexity index is 418. The summed E-state index contributed by atoms with van der Waals surface area (Å²) in [5.41, 5.74) is 0.958. The van der Waals surface area contributed by atoms with E-state index in [1.165, 1.54) is 12.1 Å². The third kappa shape index (κ3) is 4.00. The van der Waals surface area contributed by atoms with E-state index in [4.69, 9.17) is 4.74 Å². The van der Waals surface area contributed by atoms with Gasteiger partial charge in [0.25, 0.3) is 5.69 Å². The first kappa shape index (κ1) is 14.0. The molecule has 0 atom stereocenters. The van der Waals surface area contributed by atoms with Crippen LogP contribution in [0.1, 0.15) is 19.4 Å². The van der Waals surface area contributed by atoms with Crippen LogP contribution in [0.4, 0.5) is 5.69 Å². The van der Waals surface area contributed by atoms with Crippen LogP contribution in [0.15, 0.2) is 18.2 Å². The molecule has 0 aliphatic rings. The van der Waals surface area contributed by atoms with E-state index in [1.54, 1.807) is 6.07 Å². The largest absolute Gasteiger partial charge is 0.492 e. The van der Waals surface area contributed by atoms with Crippen molar-refractivity contribution in [2.45, 2.75) is 20.8 Å². The summed E-state index contributed by atoms with van der Waals surface area (Å²) < 4.78 is 5.65. The van der Waals surface area contributed by atoms with Gasteiger partial charge in [-0.05, 0) is 18.6 Å². The molecule has 0 N–H and O–H groups in total. The van der Waals surface area contributed by atoms with Gasteiger partial charge in [-0.1, -0.05) is 29.8 Å². The zero-order valence-corrected chi connectivity index (χ0v) is 11.8. The predicted molar refractivity (Wildman–Crippen MR) is 70.9 cm³/mol. The second kappa shape index (κ2) is 5.49. The van der Waals surface area contributed by atoms with Crippen LogP contribution in [0, 0.1) is 22.5 Å². The van der Waals surface area contributed by atoms with E-state index >= 15 is 0 Å². The topological polar surface area (TPSA) is 52.4 Å². The lowest BCUT2D eigenvalue weighted by atomic mass is 9.98. The Morgan fingerprint density at radius 1 is 1.47 bits per heavy atom. The molecular weight excluding hydrogens is 286 g/mol. The van der Waals surface area contributed by atoms with Gasteiger partial charge in [0, 0.05) is 16.8 Å². The normalized spacial score (nSPS) is 11.3. The van der Waals surface area contributed by atoms with Crippen molar-refractivity contribution in [3.8, 4) is 5.75 Å². The van der Waals surface area contributed by atoms with E-state index in [1.807, 2.05) is 6.92 Å². The van der Waals surface area contributed by atoms with Gasteiger partial charge in [0.2, 0.25) is 0 Å². The summed E-state index contributed by atoms with van der Waals surface area (Å²) in [6, 6.07) is 4.66. The molecule has 0 aromatic heterocycles. The molecule has 0 heterocycles. The third-order valence-corrected chi connectivity index (χ3v) is 3.88. The minimum absolute atomic E-state index is 0.00292. The highest BCUT2D eigenvalue weighted by Gasteiger charge is 2.18. The molecular formula is C12H16BrNO3. The average molecular weight is 302 g/mol. The SMILES string of the molecule is Cc1ccc([N+](=O)[O-])cc1OCC(C)(C)CBr. The summed E-state index contributed by atoms with van der Waals surface area (Å²) in [5.74, 6) is 0.577. The molecule has 0 saturated heterocycles. The molecule has 94 valence electrons. The van der Waals surface area contributed by atoms with Crippen LogP contribution in [-0.4, -0.2) is 16.9 Å². The number of nitro groups is 1. The molecule has 0 spiro atoms. The van der Waals surface area contributed by atoms with Crippen molar-refractivity contribution in [3.05, 3.63) is 33.9 Å². The standard InChI is InChI=1S/C12H16BrNO3/c1-9-4-5-10(14(15)16)6-11(9)17-8-12(2,3)7-13/h4-6H,7-8H2,1-3H3. The maximum Gasteiger partial charge on any atom is 0.273 e. The Balaban J connectivity index is 2.83. The Labute approximate surface area is 109 Å². The third-order valence-electron chi connectivity index (χ3n) is 2.36. The van der Waals surface area contributed by atoms with Crippen molar-refractivity contribution in [3.63, 3.8) is 0 Å². The molecule has 1 aromatic rings. The number of nitrogens with zero attached hydrogens (tertiary/aromatic N) is 1. The first-order chi connectivity index (χ1) is 7.85. The summed E-state index contributed by atoms with van der Waals surface area (Å²) in [5, 5.41) is 11.5. The molecule has 1 rings (SSSR count). The molecule has 1 aromatic carbocycles. The smallest absolute Gasteiger partial charge is 0.273 e. The number of nitro benzene ring substituents is 1. The molecule has 0 radical (unpaired) electrons. The molecule has 0 unspecified atom stereocenters. The second-order valence-corrected chi connectivity index (χ2v) is 5.35. The van der Waals surface area contributed by atoms with Crippen molar-refractivity contribution < 1.29 is 9.66 Å². The Morgan fingerprint density at radius 2 is 2.12 bits per heavy atom. The minimum atomic E-state index is -0.415. The van der Waals surface area contributed by atoms with E-state index in [9.17, 15) is 10.1 Å². The first-order valence-corrected chi connectivity index (χ1v) is 6.42. The second-order valence-electron chi connectivity index (χ2n) is 4.79. The quantitative estimate of drug-likeness (QED) is 0.473. The molecule has 0 bridgehead atoms. The number of ether oxygens (including phenoxy) is 1. The monoisotopic (exact) mass is 301 g/mol. The number of hydrogen-bond acceptors (Lipinski definition) is 3. The van der Waals surface area contributed by atoms with E-state index in [0.717, 1.165) is 10.9 Å². The fraction of sp³-hybridized carbons (Fsp3) is 0.500. The van der Waals surface area contributed by atoms with Gasteiger partial charge in [-0.25, -0.2) is 0 Å². The average Bonchev–Trinajstić information content (AvgIpc) is 2.27. The molecule has 17 heavy (non-hydrogen) atoms. The van der Waals surface area contributed by atoms with Crippen molar-refractivity contribution in [1.82, 2.24) is 0 Å². The fourth-order valence-corrected chi connectivity index (χ4v) is 1.33. The molecule has 0 amide bonds. The zero-order chi connectivity index (χ0) is 13.1. The van der Waals surface area contributed by atoms with Gasteiger partial charge in [0.15, 0.2) is 0 Å². The summed E-state index contributed by atoms with van der Waals surface area (Å²) in [6.07, 6.45) is 0. The van der Waals surface area contributed by atoms with Gasteiger partial charge in [0.1, 0.15) is 5.75 Å². The summed E-state index contributed by atoms with van der Waals surface area (Å²) in [6.45, 7) is 6.52. The Kier molecular flexibility index (Phi) is 4.51. The van der Waals surface area contributed by atoms with Gasteiger partial charge in [-0.2, -0.15) is 0 Å². The van der Waals surface area contributed by atoms with Gasteiger partial charge >= 0.3 is 0 Å². The molecule has 0 aliphatic carbocycles. The number of rotatable bonds is 5. The van der Waals surface area contributed by atoms with Crippen molar-refractivity contribution in [2.75, 3.05) is 11.9 Å². The summed E-state index contributed by atoms with van der Waals surface area (Å²) in [4.78, 5) is 10.2. The van der Waals surface area contributed by atoms with E-state index in [0.29, 0.717) is 12.4 Å². The highest BCUT2D eigenvalue weighted by atomic mass is 79.9. The highest BCUT2D eigenvalue weighted by molar-refractivity contribution is 9.09. The summed E-state index contributed by atoms with van der Waals surface area (Å²) >= 11 is 3.41. The number of aryl methyl sites for hydroxylation is 1. The highest BCUT2D eigenvalue weighted by Crippen LogP contribution is 2.26. The zero-order valence-electron chi connectivity index (χ0n) is 10.2. The Morgan fingerprint density at radius 3 is 2.65 bits per heavy atom. The lowest BCUT2D eigenvalue weighted by Crippen LogP contribution is -2.23. The van der Waals surface area contributed by atoms with E-state index in [2.05, 4.69) is 29.8 Å². The number of benzene rings is 1. The number of non-ortho nitro benzene ring substituents is 1.